The number of aliphatic imine (C=N–C) groups is 1. The van der Waals surface area contributed by atoms with Gasteiger partial charge in [-0.2, -0.15) is 4.31 Å². The summed E-state index contributed by atoms with van der Waals surface area (Å²) in [5, 5.41) is 0. The number of nitrogens with two attached hydrogens (primary N) is 2. The first kappa shape index (κ1) is 20.4. The van der Waals surface area contributed by atoms with E-state index in [4.69, 9.17) is 16.2 Å². The molecule has 0 aliphatic rings. The fourth-order valence-corrected chi connectivity index (χ4v) is 3.84. The van der Waals surface area contributed by atoms with Crippen molar-refractivity contribution in [3.8, 4) is 5.75 Å². The van der Waals surface area contributed by atoms with Crippen LogP contribution in [0, 0.1) is 0 Å². The van der Waals surface area contributed by atoms with Gasteiger partial charge in [0.15, 0.2) is 5.96 Å². The second-order valence-electron chi connectivity index (χ2n) is 5.53. The summed E-state index contributed by atoms with van der Waals surface area (Å²) in [7, 11) is -3.55. The van der Waals surface area contributed by atoms with E-state index in [2.05, 4.69) is 4.99 Å². The molecule has 2 aromatic carbocycles. The fraction of sp³-hybridized carbons (Fsp3) is 0.222. The number of hydrogen-bond donors (Lipinski definition) is 2. The molecular weight excluding hydrogens is 368 g/mol. The molecule has 0 spiro atoms. The van der Waals surface area contributed by atoms with Crippen molar-refractivity contribution in [1.29, 1.82) is 0 Å². The van der Waals surface area contributed by atoms with Crippen LogP contribution in [0.2, 0.25) is 0 Å². The lowest BCUT2D eigenvalue weighted by Crippen LogP contribution is -2.30. The van der Waals surface area contributed by atoms with Gasteiger partial charge in [-0.3, -0.25) is 0 Å². The summed E-state index contributed by atoms with van der Waals surface area (Å²) >= 11 is 0. The van der Waals surface area contributed by atoms with Crippen molar-refractivity contribution in [1.82, 2.24) is 4.31 Å². The molecule has 27 heavy (non-hydrogen) atoms. The first-order chi connectivity index (χ1) is 12.8. The molecule has 0 saturated carbocycles. The zero-order valence-corrected chi connectivity index (χ0v) is 15.9. The highest BCUT2D eigenvalue weighted by Gasteiger charge is 2.21. The Labute approximate surface area is 158 Å². The number of sulfonamides is 1. The first-order valence-corrected chi connectivity index (χ1v) is 9.74. The van der Waals surface area contributed by atoms with Crippen molar-refractivity contribution >= 4 is 27.6 Å². The third kappa shape index (κ3) is 5.05. The Balaban J connectivity index is 2.12. The summed E-state index contributed by atoms with van der Waals surface area (Å²) in [6.07, 6.45) is 0. The average Bonchev–Trinajstić information content (AvgIpc) is 2.63. The van der Waals surface area contributed by atoms with Crippen molar-refractivity contribution in [3.63, 3.8) is 0 Å². The largest absolute Gasteiger partial charge is 0.423 e. The Kier molecular flexibility index (Phi) is 6.54. The normalized spacial score (nSPS) is 11.2. The summed E-state index contributed by atoms with van der Waals surface area (Å²) < 4.78 is 31.5. The summed E-state index contributed by atoms with van der Waals surface area (Å²) in [5.74, 6) is -0.414. The number of esters is 1. The van der Waals surface area contributed by atoms with Crippen LogP contribution in [0.1, 0.15) is 24.2 Å². The number of hydrogen-bond acceptors (Lipinski definition) is 5. The van der Waals surface area contributed by atoms with Gasteiger partial charge in [-0.15, -0.1) is 0 Å². The highest BCUT2D eigenvalue weighted by atomic mass is 32.2. The molecule has 9 heteroatoms. The van der Waals surface area contributed by atoms with Crippen LogP contribution in [-0.2, 0) is 10.0 Å². The predicted octanol–water partition coefficient (Wildman–Crippen LogP) is 1.84. The number of guanidine groups is 1. The van der Waals surface area contributed by atoms with Crippen molar-refractivity contribution in [2.24, 2.45) is 16.5 Å². The molecule has 0 aliphatic heterocycles. The molecule has 4 N–H and O–H groups in total. The molecule has 0 saturated heterocycles. The standard InChI is InChI=1S/C18H22N4O4S/c1-3-22(4-2)27(24,25)16-11-9-15(10-12-16)26-17(23)13-5-7-14(8-6-13)21-18(19)20/h5-12H,3-4H2,1-2H3,(H4,19,20,21). The Hall–Kier alpha value is -2.91. The van der Waals surface area contributed by atoms with Crippen LogP contribution in [0.4, 0.5) is 5.69 Å². The molecule has 0 heterocycles. The van der Waals surface area contributed by atoms with Gasteiger partial charge in [0.25, 0.3) is 0 Å². The molecule has 8 nitrogen and oxygen atoms in total. The molecule has 0 unspecified atom stereocenters. The molecule has 0 radical (unpaired) electrons. The topological polar surface area (TPSA) is 128 Å². The van der Waals surface area contributed by atoms with Crippen LogP contribution in [-0.4, -0.2) is 37.7 Å². The van der Waals surface area contributed by atoms with Gasteiger partial charge in [0.2, 0.25) is 10.0 Å². The minimum absolute atomic E-state index is 0.0786. The van der Waals surface area contributed by atoms with Crippen LogP contribution in [0.5, 0.6) is 5.75 Å². The van der Waals surface area contributed by atoms with E-state index in [9.17, 15) is 13.2 Å². The van der Waals surface area contributed by atoms with Crippen molar-refractivity contribution < 1.29 is 17.9 Å². The molecule has 2 rings (SSSR count). The Morgan fingerprint density at radius 3 is 2.04 bits per heavy atom. The maximum absolute atomic E-state index is 12.4. The third-order valence-corrected chi connectivity index (χ3v) is 5.80. The van der Waals surface area contributed by atoms with E-state index in [0.717, 1.165) is 0 Å². The minimum Gasteiger partial charge on any atom is -0.423 e. The van der Waals surface area contributed by atoms with E-state index in [0.29, 0.717) is 24.3 Å². The van der Waals surface area contributed by atoms with Crippen molar-refractivity contribution in [3.05, 3.63) is 54.1 Å². The molecule has 0 aliphatic carbocycles. The maximum atomic E-state index is 12.4. The minimum atomic E-state index is -3.55. The second kappa shape index (κ2) is 8.65. The Morgan fingerprint density at radius 2 is 1.56 bits per heavy atom. The van der Waals surface area contributed by atoms with E-state index in [-0.39, 0.29) is 16.6 Å². The van der Waals surface area contributed by atoms with Gasteiger partial charge in [0, 0.05) is 13.1 Å². The van der Waals surface area contributed by atoms with E-state index >= 15 is 0 Å². The van der Waals surface area contributed by atoms with Crippen molar-refractivity contribution in [2.45, 2.75) is 18.7 Å². The average molecular weight is 390 g/mol. The number of ether oxygens (including phenoxy) is 1. The van der Waals surface area contributed by atoms with Gasteiger partial charge >= 0.3 is 5.97 Å². The molecule has 0 aromatic heterocycles. The number of nitrogens with zero attached hydrogens (tertiary/aromatic N) is 2. The van der Waals surface area contributed by atoms with E-state index in [1.807, 2.05) is 0 Å². The summed E-state index contributed by atoms with van der Waals surface area (Å²) in [6.45, 7) is 4.31. The summed E-state index contributed by atoms with van der Waals surface area (Å²) in [6, 6.07) is 11.9. The van der Waals surface area contributed by atoms with Crippen LogP contribution < -0.4 is 16.2 Å². The van der Waals surface area contributed by atoms with E-state index in [1.165, 1.54) is 40.7 Å². The van der Waals surface area contributed by atoms with Crippen LogP contribution >= 0.6 is 0 Å². The first-order valence-electron chi connectivity index (χ1n) is 8.30. The molecule has 2 aromatic rings. The van der Waals surface area contributed by atoms with Crippen LogP contribution in [0.25, 0.3) is 0 Å². The lowest BCUT2D eigenvalue weighted by Gasteiger charge is -2.18. The van der Waals surface area contributed by atoms with Crippen molar-refractivity contribution in [2.75, 3.05) is 13.1 Å². The van der Waals surface area contributed by atoms with Gasteiger partial charge < -0.3 is 16.2 Å². The van der Waals surface area contributed by atoms with Gasteiger partial charge in [-0.25, -0.2) is 18.2 Å². The summed E-state index contributed by atoms with van der Waals surface area (Å²) in [4.78, 5) is 16.2. The highest BCUT2D eigenvalue weighted by molar-refractivity contribution is 7.89. The zero-order valence-electron chi connectivity index (χ0n) is 15.1. The zero-order chi connectivity index (χ0) is 20.0. The number of rotatable bonds is 7. The van der Waals surface area contributed by atoms with E-state index < -0.39 is 16.0 Å². The lowest BCUT2D eigenvalue weighted by molar-refractivity contribution is 0.0734. The molecule has 0 bridgehead atoms. The SMILES string of the molecule is CCN(CC)S(=O)(=O)c1ccc(OC(=O)c2ccc(N=C(N)N)cc2)cc1. The molecule has 0 atom stereocenters. The molecular formula is C18H22N4O4S. The molecule has 144 valence electrons. The molecule has 0 amide bonds. The van der Waals surface area contributed by atoms with Crippen LogP contribution in [0.15, 0.2) is 58.4 Å². The Morgan fingerprint density at radius 1 is 1.00 bits per heavy atom. The monoisotopic (exact) mass is 390 g/mol. The van der Waals surface area contributed by atoms with Gasteiger partial charge in [-0.05, 0) is 48.5 Å². The number of carbonyl (C=O) groups is 1. The highest BCUT2D eigenvalue weighted by Crippen LogP contribution is 2.21. The third-order valence-electron chi connectivity index (χ3n) is 3.74. The smallest absolute Gasteiger partial charge is 0.343 e. The molecule has 0 fully saturated rings. The Bertz CT molecular complexity index is 915. The van der Waals surface area contributed by atoms with Gasteiger partial charge in [0.1, 0.15) is 5.75 Å². The second-order valence-corrected chi connectivity index (χ2v) is 7.47. The number of carbonyl (C=O) groups excluding carboxylic acids is 1. The number of benzene rings is 2. The quantitative estimate of drug-likeness (QED) is 0.321. The van der Waals surface area contributed by atoms with Crippen LogP contribution in [0.3, 0.4) is 0 Å². The fourth-order valence-electron chi connectivity index (χ4n) is 2.38. The predicted molar refractivity (Wildman–Crippen MR) is 103 cm³/mol. The van der Waals surface area contributed by atoms with Gasteiger partial charge in [0.05, 0.1) is 16.1 Å². The van der Waals surface area contributed by atoms with E-state index in [1.54, 1.807) is 26.0 Å². The lowest BCUT2D eigenvalue weighted by atomic mass is 10.2. The van der Waals surface area contributed by atoms with Gasteiger partial charge in [-0.1, -0.05) is 13.8 Å². The summed E-state index contributed by atoms with van der Waals surface area (Å²) in [5.41, 5.74) is 11.4. The maximum Gasteiger partial charge on any atom is 0.343 e.